The summed E-state index contributed by atoms with van der Waals surface area (Å²) >= 11 is 0. The van der Waals surface area contributed by atoms with Gasteiger partial charge in [-0.1, -0.05) is 0 Å². The maximum atomic E-state index is 11.1. The second-order valence-corrected chi connectivity index (χ2v) is 3.01. The minimum atomic E-state index is -0.332. The van der Waals surface area contributed by atoms with Gasteiger partial charge in [-0.25, -0.2) is 4.79 Å². The van der Waals surface area contributed by atoms with Gasteiger partial charge in [-0.2, -0.15) is 0 Å². The lowest BCUT2D eigenvalue weighted by Gasteiger charge is -2.03. The van der Waals surface area contributed by atoms with Crippen LogP contribution in [0.3, 0.4) is 0 Å². The van der Waals surface area contributed by atoms with Crippen LogP contribution in [0, 0.1) is 0 Å². The van der Waals surface area contributed by atoms with Crippen molar-refractivity contribution in [1.29, 1.82) is 0 Å². The third kappa shape index (κ3) is 4.35. The average molecular weight is 209 g/mol. The summed E-state index contributed by atoms with van der Waals surface area (Å²) in [4.78, 5) is 11.1. The number of nitrogens with one attached hydrogen (secondary N) is 1. The molecule has 0 atom stereocenters. The van der Waals surface area contributed by atoms with Crippen LogP contribution < -0.4 is 5.32 Å². The van der Waals surface area contributed by atoms with E-state index >= 15 is 0 Å². The maximum Gasteiger partial charge on any atom is 0.332 e. The summed E-state index contributed by atoms with van der Waals surface area (Å²) in [6.07, 6.45) is 3.04. The lowest BCUT2D eigenvalue weighted by molar-refractivity contribution is -0.137. The van der Waals surface area contributed by atoms with Crippen molar-refractivity contribution in [2.24, 2.45) is 0 Å². The monoisotopic (exact) mass is 209 g/mol. The lowest BCUT2D eigenvalue weighted by atomic mass is 10.4. The van der Waals surface area contributed by atoms with Gasteiger partial charge < -0.3 is 14.5 Å². The predicted molar refractivity (Wildman–Crippen MR) is 55.9 cm³/mol. The molecule has 0 saturated carbocycles. The zero-order chi connectivity index (χ0) is 11.1. The molecule has 1 heterocycles. The molecule has 0 radical (unpaired) electrons. The van der Waals surface area contributed by atoms with Gasteiger partial charge in [0.15, 0.2) is 0 Å². The molecule has 0 aliphatic heterocycles. The molecule has 4 nitrogen and oxygen atoms in total. The summed E-state index contributed by atoms with van der Waals surface area (Å²) < 4.78 is 9.90. The smallest absolute Gasteiger partial charge is 0.332 e. The van der Waals surface area contributed by atoms with E-state index in [1.807, 2.05) is 12.1 Å². The van der Waals surface area contributed by atoms with Crippen LogP contribution in [-0.2, 0) is 16.1 Å². The Morgan fingerprint density at radius 3 is 3.07 bits per heavy atom. The molecule has 0 amide bonds. The molecular formula is C11H15NO3. The molecule has 82 valence electrons. The van der Waals surface area contributed by atoms with E-state index in [-0.39, 0.29) is 5.97 Å². The first-order valence-electron chi connectivity index (χ1n) is 4.83. The van der Waals surface area contributed by atoms with Crippen molar-refractivity contribution < 1.29 is 13.9 Å². The summed E-state index contributed by atoms with van der Waals surface area (Å²) in [7, 11) is 0. The molecule has 0 fully saturated rings. The Labute approximate surface area is 88.9 Å². The number of ether oxygens (including phenoxy) is 1. The van der Waals surface area contributed by atoms with Gasteiger partial charge in [0.2, 0.25) is 0 Å². The lowest BCUT2D eigenvalue weighted by Crippen LogP contribution is -2.12. The van der Waals surface area contributed by atoms with Crippen LogP contribution in [0.2, 0.25) is 0 Å². The molecular weight excluding hydrogens is 194 g/mol. The number of hydrogen-bond donors (Lipinski definition) is 1. The maximum absolute atomic E-state index is 11.1. The molecule has 0 saturated heterocycles. The molecule has 0 aliphatic rings. The Hall–Kier alpha value is -1.71. The third-order valence-corrected chi connectivity index (χ3v) is 1.74. The first-order chi connectivity index (χ1) is 7.22. The van der Waals surface area contributed by atoms with Crippen molar-refractivity contribution in [3.8, 4) is 0 Å². The van der Waals surface area contributed by atoms with Crippen molar-refractivity contribution in [2.45, 2.75) is 20.4 Å². The van der Waals surface area contributed by atoms with Gasteiger partial charge in [-0.05, 0) is 26.0 Å². The Kier molecular flexibility index (Phi) is 4.47. The molecule has 0 spiro atoms. The Morgan fingerprint density at radius 2 is 2.47 bits per heavy atom. The van der Waals surface area contributed by atoms with Crippen LogP contribution in [-0.4, -0.2) is 12.6 Å². The highest BCUT2D eigenvalue weighted by Gasteiger charge is 1.99. The molecule has 0 aliphatic carbocycles. The molecule has 4 heteroatoms. The summed E-state index contributed by atoms with van der Waals surface area (Å²) in [6, 6.07) is 3.69. The Bertz CT molecular complexity index is 328. The first-order valence-corrected chi connectivity index (χ1v) is 4.83. The number of furan rings is 1. The summed E-state index contributed by atoms with van der Waals surface area (Å²) in [5, 5.41) is 3.04. The van der Waals surface area contributed by atoms with Crippen LogP contribution in [0.4, 0.5) is 0 Å². The second-order valence-electron chi connectivity index (χ2n) is 3.01. The molecule has 1 aromatic heterocycles. The number of allylic oxidation sites excluding steroid dienone is 1. The average Bonchev–Trinajstić information content (AvgIpc) is 2.67. The normalized spacial score (nSPS) is 11.2. The molecule has 15 heavy (non-hydrogen) atoms. The highest BCUT2D eigenvalue weighted by molar-refractivity contribution is 5.82. The van der Waals surface area contributed by atoms with E-state index in [9.17, 15) is 4.79 Å². The molecule has 1 N–H and O–H groups in total. The second kappa shape index (κ2) is 5.90. The van der Waals surface area contributed by atoms with E-state index in [0.717, 1.165) is 11.5 Å². The van der Waals surface area contributed by atoms with Crippen molar-refractivity contribution in [1.82, 2.24) is 5.32 Å². The van der Waals surface area contributed by atoms with E-state index in [4.69, 9.17) is 9.15 Å². The highest BCUT2D eigenvalue weighted by atomic mass is 16.5. The standard InChI is InChI=1S/C11H15NO3/c1-3-14-11(13)7-9(2)12-8-10-5-4-6-15-10/h4-7,12H,3,8H2,1-2H3. The minimum absolute atomic E-state index is 0.332. The van der Waals surface area contributed by atoms with Crippen LogP contribution in [0.5, 0.6) is 0 Å². The quantitative estimate of drug-likeness (QED) is 0.593. The van der Waals surface area contributed by atoms with Crippen LogP contribution in [0.15, 0.2) is 34.6 Å². The number of esters is 1. The van der Waals surface area contributed by atoms with E-state index in [2.05, 4.69) is 5.32 Å². The van der Waals surface area contributed by atoms with Gasteiger partial charge in [-0.3, -0.25) is 0 Å². The van der Waals surface area contributed by atoms with Crippen LogP contribution in [0.25, 0.3) is 0 Å². The topological polar surface area (TPSA) is 51.5 Å². The zero-order valence-electron chi connectivity index (χ0n) is 8.95. The highest BCUT2D eigenvalue weighted by Crippen LogP contribution is 2.00. The molecule has 0 bridgehead atoms. The Morgan fingerprint density at radius 1 is 1.67 bits per heavy atom. The number of rotatable bonds is 5. The van der Waals surface area contributed by atoms with Crippen molar-refractivity contribution >= 4 is 5.97 Å². The minimum Gasteiger partial charge on any atom is -0.467 e. The fourth-order valence-electron chi connectivity index (χ4n) is 1.05. The van der Waals surface area contributed by atoms with Gasteiger partial charge in [0, 0.05) is 11.8 Å². The van der Waals surface area contributed by atoms with Gasteiger partial charge in [0.25, 0.3) is 0 Å². The summed E-state index contributed by atoms with van der Waals surface area (Å²) in [5.74, 6) is 0.494. The number of carbonyl (C=O) groups is 1. The molecule has 0 aromatic carbocycles. The summed E-state index contributed by atoms with van der Waals surface area (Å²) in [5.41, 5.74) is 0.754. The van der Waals surface area contributed by atoms with Gasteiger partial charge in [0.1, 0.15) is 5.76 Å². The zero-order valence-corrected chi connectivity index (χ0v) is 8.95. The SMILES string of the molecule is CCOC(=O)C=C(C)NCc1ccco1. The Balaban J connectivity index is 2.35. The fourth-order valence-corrected chi connectivity index (χ4v) is 1.05. The van der Waals surface area contributed by atoms with Crippen LogP contribution >= 0.6 is 0 Å². The molecule has 1 rings (SSSR count). The number of carbonyl (C=O) groups excluding carboxylic acids is 1. The van der Waals surface area contributed by atoms with Gasteiger partial charge in [-0.15, -0.1) is 0 Å². The van der Waals surface area contributed by atoms with E-state index < -0.39 is 0 Å². The summed E-state index contributed by atoms with van der Waals surface area (Å²) in [6.45, 7) is 4.53. The third-order valence-electron chi connectivity index (χ3n) is 1.74. The fraction of sp³-hybridized carbons (Fsp3) is 0.364. The van der Waals surface area contributed by atoms with E-state index in [0.29, 0.717) is 13.2 Å². The van der Waals surface area contributed by atoms with Gasteiger partial charge >= 0.3 is 5.97 Å². The molecule has 1 aromatic rings. The van der Waals surface area contributed by atoms with Crippen molar-refractivity contribution in [3.63, 3.8) is 0 Å². The van der Waals surface area contributed by atoms with E-state index in [1.165, 1.54) is 6.08 Å². The molecule has 0 unspecified atom stereocenters. The predicted octanol–water partition coefficient (Wildman–Crippen LogP) is 1.84. The largest absolute Gasteiger partial charge is 0.467 e. The number of hydrogen-bond acceptors (Lipinski definition) is 4. The van der Waals surface area contributed by atoms with E-state index in [1.54, 1.807) is 20.1 Å². The van der Waals surface area contributed by atoms with Crippen LogP contribution in [0.1, 0.15) is 19.6 Å². The van der Waals surface area contributed by atoms with Crippen molar-refractivity contribution in [3.05, 3.63) is 35.9 Å². The van der Waals surface area contributed by atoms with Crippen molar-refractivity contribution in [2.75, 3.05) is 6.61 Å². The van der Waals surface area contributed by atoms with Gasteiger partial charge in [0.05, 0.1) is 19.4 Å². The first kappa shape index (κ1) is 11.4.